The Balaban J connectivity index is 1.55. The summed E-state index contributed by atoms with van der Waals surface area (Å²) in [6.07, 6.45) is 1.94. The van der Waals surface area contributed by atoms with Gasteiger partial charge in [-0.2, -0.15) is 11.8 Å². The zero-order valence-corrected chi connectivity index (χ0v) is 18.4. The SMILES string of the molecule is CSCC[C@@H](NC=O)NC(=O)[C@H](C)NC(=O)OCC1c2ccccc2-c2ccccc21. The fourth-order valence-corrected chi connectivity index (χ4v) is 4.17. The Morgan fingerprint density at radius 1 is 1.06 bits per heavy atom. The van der Waals surface area contributed by atoms with Crippen LogP contribution < -0.4 is 16.0 Å². The second-order valence-corrected chi connectivity index (χ2v) is 8.30. The van der Waals surface area contributed by atoms with E-state index in [0.717, 1.165) is 28.0 Å². The quantitative estimate of drug-likeness (QED) is 0.389. The number of rotatable bonds is 10. The van der Waals surface area contributed by atoms with Crippen LogP contribution in [0.5, 0.6) is 0 Å². The van der Waals surface area contributed by atoms with Gasteiger partial charge in [-0.1, -0.05) is 48.5 Å². The van der Waals surface area contributed by atoms with Gasteiger partial charge >= 0.3 is 6.09 Å². The van der Waals surface area contributed by atoms with Crippen LogP contribution in [-0.2, 0) is 14.3 Å². The maximum Gasteiger partial charge on any atom is 0.407 e. The molecule has 0 heterocycles. The van der Waals surface area contributed by atoms with Crippen molar-refractivity contribution in [3.05, 3.63) is 59.7 Å². The monoisotopic (exact) mass is 441 g/mol. The third-order valence-electron chi connectivity index (χ3n) is 5.27. The number of carbonyl (C=O) groups excluding carboxylic acids is 3. The molecule has 0 unspecified atom stereocenters. The first-order valence-electron chi connectivity index (χ1n) is 10.2. The highest BCUT2D eigenvalue weighted by atomic mass is 32.2. The first-order valence-corrected chi connectivity index (χ1v) is 11.5. The van der Waals surface area contributed by atoms with Gasteiger partial charge in [-0.3, -0.25) is 9.59 Å². The minimum atomic E-state index is -0.805. The molecule has 0 saturated heterocycles. The maximum absolute atomic E-state index is 12.4. The van der Waals surface area contributed by atoms with Crippen molar-refractivity contribution in [3.63, 3.8) is 0 Å². The van der Waals surface area contributed by atoms with Crippen LogP contribution in [0.4, 0.5) is 4.79 Å². The Labute approximate surface area is 186 Å². The molecule has 0 spiro atoms. The molecule has 0 bridgehead atoms. The minimum Gasteiger partial charge on any atom is -0.449 e. The van der Waals surface area contributed by atoms with Crippen LogP contribution in [0.2, 0.25) is 0 Å². The van der Waals surface area contributed by atoms with E-state index in [2.05, 4.69) is 28.1 Å². The van der Waals surface area contributed by atoms with Crippen molar-refractivity contribution in [1.29, 1.82) is 0 Å². The van der Waals surface area contributed by atoms with E-state index in [1.165, 1.54) is 0 Å². The lowest BCUT2D eigenvalue weighted by atomic mass is 9.98. The molecule has 3 N–H and O–H groups in total. The summed E-state index contributed by atoms with van der Waals surface area (Å²) in [5.74, 6) is 0.337. The number of amides is 3. The molecule has 164 valence electrons. The standard InChI is InChI=1S/C23H27N3O4S/c1-15(22(28)26-21(24-14-27)11-12-31-2)25-23(29)30-13-20-18-9-5-3-7-16(18)17-8-4-6-10-19(17)20/h3-10,14-15,20-21H,11-13H2,1-2H3,(H,24,27)(H,25,29)(H,26,28)/t15-,21-/m0/s1. The van der Waals surface area contributed by atoms with Crippen molar-refractivity contribution in [3.8, 4) is 11.1 Å². The van der Waals surface area contributed by atoms with Crippen molar-refractivity contribution < 1.29 is 19.1 Å². The maximum atomic E-state index is 12.4. The van der Waals surface area contributed by atoms with E-state index in [0.29, 0.717) is 12.8 Å². The van der Waals surface area contributed by atoms with Gasteiger partial charge in [0.1, 0.15) is 18.8 Å². The average Bonchev–Trinajstić information content (AvgIpc) is 3.10. The molecule has 0 aliphatic heterocycles. The van der Waals surface area contributed by atoms with E-state index in [1.54, 1.807) is 18.7 Å². The van der Waals surface area contributed by atoms with Gasteiger partial charge in [-0.15, -0.1) is 0 Å². The highest BCUT2D eigenvalue weighted by Gasteiger charge is 2.29. The van der Waals surface area contributed by atoms with Crippen LogP contribution in [0.3, 0.4) is 0 Å². The van der Waals surface area contributed by atoms with Crippen LogP contribution in [0, 0.1) is 0 Å². The third-order valence-corrected chi connectivity index (χ3v) is 5.91. The van der Waals surface area contributed by atoms with Crippen molar-refractivity contribution in [2.45, 2.75) is 31.5 Å². The van der Waals surface area contributed by atoms with E-state index in [-0.39, 0.29) is 12.5 Å². The van der Waals surface area contributed by atoms with Gasteiger partial charge in [0, 0.05) is 5.92 Å². The summed E-state index contributed by atoms with van der Waals surface area (Å²) in [5, 5.41) is 7.84. The van der Waals surface area contributed by atoms with Gasteiger partial charge in [-0.25, -0.2) is 4.79 Å². The molecule has 1 aliphatic carbocycles. The zero-order chi connectivity index (χ0) is 22.2. The van der Waals surface area contributed by atoms with E-state index < -0.39 is 24.2 Å². The number of benzene rings is 2. The molecule has 31 heavy (non-hydrogen) atoms. The van der Waals surface area contributed by atoms with Crippen molar-refractivity contribution in [1.82, 2.24) is 16.0 Å². The fourth-order valence-electron chi connectivity index (χ4n) is 3.69. The topological polar surface area (TPSA) is 96.5 Å². The molecule has 2 aromatic rings. The second kappa shape index (κ2) is 10.9. The van der Waals surface area contributed by atoms with Gasteiger partial charge in [0.05, 0.1) is 0 Å². The molecule has 1 aliphatic rings. The Morgan fingerprint density at radius 2 is 1.68 bits per heavy atom. The fraction of sp³-hybridized carbons (Fsp3) is 0.348. The normalized spacial score (nSPS) is 14.0. The number of thioether (sulfide) groups is 1. The van der Waals surface area contributed by atoms with Crippen molar-refractivity contribution in [2.24, 2.45) is 0 Å². The summed E-state index contributed by atoms with van der Waals surface area (Å²) < 4.78 is 5.47. The van der Waals surface area contributed by atoms with Gasteiger partial charge in [0.25, 0.3) is 0 Å². The number of hydrogen-bond acceptors (Lipinski definition) is 5. The Bertz CT molecular complexity index is 891. The molecule has 2 atom stereocenters. The van der Waals surface area contributed by atoms with Crippen molar-refractivity contribution in [2.75, 3.05) is 18.6 Å². The summed E-state index contributed by atoms with van der Waals surface area (Å²) in [6.45, 7) is 1.75. The van der Waals surface area contributed by atoms with E-state index >= 15 is 0 Å². The molecule has 3 amide bonds. The molecule has 2 aromatic carbocycles. The van der Waals surface area contributed by atoms with E-state index in [4.69, 9.17) is 4.74 Å². The second-order valence-electron chi connectivity index (χ2n) is 7.32. The molecule has 8 heteroatoms. The molecular formula is C23H27N3O4S. The molecule has 0 saturated carbocycles. The lowest BCUT2D eigenvalue weighted by Crippen LogP contribution is -2.52. The molecule has 7 nitrogen and oxygen atoms in total. The van der Waals surface area contributed by atoms with E-state index in [1.807, 2.05) is 42.7 Å². The summed E-state index contributed by atoms with van der Waals surface area (Å²) >= 11 is 1.61. The number of nitrogens with one attached hydrogen (secondary N) is 3. The predicted octanol–water partition coefficient (Wildman–Crippen LogP) is 2.86. The predicted molar refractivity (Wildman–Crippen MR) is 122 cm³/mol. The van der Waals surface area contributed by atoms with Gasteiger partial charge < -0.3 is 20.7 Å². The van der Waals surface area contributed by atoms with Crippen LogP contribution in [0.1, 0.15) is 30.4 Å². The largest absolute Gasteiger partial charge is 0.449 e. The third kappa shape index (κ3) is 5.58. The lowest BCUT2D eigenvalue weighted by Gasteiger charge is -2.21. The number of fused-ring (bicyclic) bond motifs is 3. The van der Waals surface area contributed by atoms with Crippen LogP contribution in [0.15, 0.2) is 48.5 Å². The van der Waals surface area contributed by atoms with Gasteiger partial charge in [0.15, 0.2) is 0 Å². The van der Waals surface area contributed by atoms with Gasteiger partial charge in [-0.05, 0) is 47.6 Å². The zero-order valence-electron chi connectivity index (χ0n) is 17.6. The summed E-state index contributed by atoms with van der Waals surface area (Å²) in [4.78, 5) is 35.4. The van der Waals surface area contributed by atoms with Gasteiger partial charge in [0.2, 0.25) is 12.3 Å². The number of carbonyl (C=O) groups is 3. The van der Waals surface area contributed by atoms with E-state index in [9.17, 15) is 14.4 Å². The highest BCUT2D eigenvalue weighted by Crippen LogP contribution is 2.44. The molecule has 0 aromatic heterocycles. The highest BCUT2D eigenvalue weighted by molar-refractivity contribution is 7.98. The smallest absolute Gasteiger partial charge is 0.407 e. The van der Waals surface area contributed by atoms with Crippen LogP contribution >= 0.6 is 11.8 Å². The Kier molecular flexibility index (Phi) is 7.94. The number of ether oxygens (including phenoxy) is 1. The molecule has 0 fully saturated rings. The molecular weight excluding hydrogens is 414 g/mol. The molecule has 3 rings (SSSR count). The van der Waals surface area contributed by atoms with Crippen LogP contribution in [-0.4, -0.2) is 49.2 Å². The lowest BCUT2D eigenvalue weighted by molar-refractivity contribution is -0.123. The summed E-state index contributed by atoms with van der Waals surface area (Å²) in [5.41, 5.74) is 4.55. The minimum absolute atomic E-state index is 0.0463. The summed E-state index contributed by atoms with van der Waals surface area (Å²) in [7, 11) is 0. The number of hydrogen-bond donors (Lipinski definition) is 3. The average molecular weight is 442 g/mol. The Morgan fingerprint density at radius 3 is 2.26 bits per heavy atom. The number of alkyl carbamates (subject to hydrolysis) is 1. The first-order chi connectivity index (χ1) is 15.0. The molecule has 0 radical (unpaired) electrons. The van der Waals surface area contributed by atoms with Crippen LogP contribution in [0.25, 0.3) is 11.1 Å². The summed E-state index contributed by atoms with van der Waals surface area (Å²) in [6, 6.07) is 15.4. The Hall–Kier alpha value is -3.00. The first kappa shape index (κ1) is 22.7. The van der Waals surface area contributed by atoms with Crippen molar-refractivity contribution >= 4 is 30.2 Å².